The minimum Gasteiger partial charge on any atom is -0.378 e. The topological polar surface area (TPSA) is 70.6 Å². The molecule has 7 heteroatoms. The molecular formula is C23H33N5O2. The number of ether oxygens (including phenoxy) is 1. The van der Waals surface area contributed by atoms with Crippen LogP contribution in [0.1, 0.15) is 51.0 Å². The first-order valence-corrected chi connectivity index (χ1v) is 10.7. The lowest BCUT2D eigenvalue weighted by Gasteiger charge is -2.29. The minimum atomic E-state index is -0.0765. The van der Waals surface area contributed by atoms with Crippen molar-refractivity contribution < 1.29 is 9.53 Å². The minimum absolute atomic E-state index is 0.0765. The summed E-state index contributed by atoms with van der Waals surface area (Å²) in [6.07, 6.45) is 0. The third kappa shape index (κ3) is 5.69. The van der Waals surface area contributed by atoms with E-state index >= 15 is 0 Å². The summed E-state index contributed by atoms with van der Waals surface area (Å²) < 4.78 is 5.40. The van der Waals surface area contributed by atoms with Crippen LogP contribution in [0.25, 0.3) is 0 Å². The fourth-order valence-corrected chi connectivity index (χ4v) is 3.30. The van der Waals surface area contributed by atoms with Crippen molar-refractivity contribution in [2.45, 2.75) is 39.5 Å². The van der Waals surface area contributed by atoms with Gasteiger partial charge in [-0.1, -0.05) is 27.7 Å². The Morgan fingerprint density at radius 1 is 1.10 bits per heavy atom. The molecule has 1 aliphatic rings. The van der Waals surface area contributed by atoms with Gasteiger partial charge in [0.2, 0.25) is 5.91 Å². The van der Waals surface area contributed by atoms with Crippen molar-refractivity contribution in [2.75, 3.05) is 55.0 Å². The molecule has 1 saturated heterocycles. The molecule has 162 valence electrons. The zero-order valence-electron chi connectivity index (χ0n) is 18.7. The van der Waals surface area contributed by atoms with Crippen molar-refractivity contribution in [3.63, 3.8) is 0 Å². The predicted molar refractivity (Wildman–Crippen MR) is 122 cm³/mol. The number of likely N-dealkylation sites (N-methyl/N-ethyl adjacent to an activating group) is 1. The molecule has 0 spiro atoms. The van der Waals surface area contributed by atoms with Gasteiger partial charge in [0.25, 0.3) is 0 Å². The van der Waals surface area contributed by atoms with Gasteiger partial charge in [-0.2, -0.15) is 0 Å². The monoisotopic (exact) mass is 411 g/mol. The number of carbonyl (C=O) groups excluding carboxylic acids is 1. The van der Waals surface area contributed by atoms with Gasteiger partial charge < -0.3 is 19.9 Å². The average molecular weight is 412 g/mol. The Balaban J connectivity index is 1.63. The van der Waals surface area contributed by atoms with Gasteiger partial charge in [0, 0.05) is 49.2 Å². The van der Waals surface area contributed by atoms with Crippen molar-refractivity contribution >= 4 is 23.1 Å². The van der Waals surface area contributed by atoms with Crippen LogP contribution < -0.4 is 15.1 Å². The van der Waals surface area contributed by atoms with Crippen LogP contribution in [0.4, 0.5) is 17.2 Å². The molecule has 7 nitrogen and oxygen atoms in total. The lowest BCUT2D eigenvalue weighted by Crippen LogP contribution is -2.36. The Labute approximate surface area is 179 Å². The number of aromatic nitrogens is 2. The SMILES string of the molecule is CC(C)c1cc(N(C)CC(=O)Nc2ccc(N3CCOCC3)cc2)nc(C(C)C)n1. The number of nitrogens with zero attached hydrogens (tertiary/aromatic N) is 4. The van der Waals surface area contributed by atoms with Gasteiger partial charge in [-0.3, -0.25) is 4.79 Å². The average Bonchev–Trinajstić information content (AvgIpc) is 2.74. The van der Waals surface area contributed by atoms with Crippen LogP contribution in [0, 0.1) is 0 Å². The summed E-state index contributed by atoms with van der Waals surface area (Å²) in [6, 6.07) is 9.95. The zero-order chi connectivity index (χ0) is 21.7. The highest BCUT2D eigenvalue weighted by molar-refractivity contribution is 5.94. The van der Waals surface area contributed by atoms with Crippen LogP contribution in [0.3, 0.4) is 0 Å². The van der Waals surface area contributed by atoms with Crippen LogP contribution in [-0.4, -0.2) is 55.8 Å². The molecule has 0 saturated carbocycles. The predicted octanol–water partition coefficient (Wildman–Crippen LogP) is 3.63. The van der Waals surface area contributed by atoms with Crippen molar-refractivity contribution in [1.29, 1.82) is 0 Å². The number of hydrogen-bond donors (Lipinski definition) is 1. The number of amides is 1. The van der Waals surface area contributed by atoms with E-state index < -0.39 is 0 Å². The van der Waals surface area contributed by atoms with Crippen molar-refractivity contribution in [1.82, 2.24) is 9.97 Å². The van der Waals surface area contributed by atoms with E-state index in [-0.39, 0.29) is 18.4 Å². The molecule has 1 aromatic carbocycles. The lowest BCUT2D eigenvalue weighted by molar-refractivity contribution is -0.114. The van der Waals surface area contributed by atoms with E-state index in [9.17, 15) is 4.79 Å². The molecule has 1 fully saturated rings. The summed E-state index contributed by atoms with van der Waals surface area (Å²) in [5.41, 5.74) is 2.94. The number of carbonyl (C=O) groups is 1. The fraction of sp³-hybridized carbons (Fsp3) is 0.522. The normalized spacial score (nSPS) is 14.3. The second kappa shape index (κ2) is 9.89. The summed E-state index contributed by atoms with van der Waals surface area (Å²) in [5.74, 6) is 2.04. The maximum atomic E-state index is 12.6. The van der Waals surface area contributed by atoms with Crippen molar-refractivity contribution in [3.05, 3.63) is 41.9 Å². The Bertz CT molecular complexity index is 819. The van der Waals surface area contributed by atoms with Gasteiger partial charge in [0.15, 0.2) is 0 Å². The van der Waals surface area contributed by atoms with E-state index in [1.165, 1.54) is 0 Å². The van der Waals surface area contributed by atoms with Gasteiger partial charge in [-0.15, -0.1) is 0 Å². The number of morpholine rings is 1. The molecule has 1 N–H and O–H groups in total. The van der Waals surface area contributed by atoms with Crippen molar-refractivity contribution in [3.8, 4) is 0 Å². The molecule has 0 unspecified atom stereocenters. The van der Waals surface area contributed by atoms with Crippen LogP contribution in [0.15, 0.2) is 30.3 Å². The Morgan fingerprint density at radius 3 is 2.37 bits per heavy atom. The van der Waals surface area contributed by atoms with E-state index in [2.05, 4.69) is 47.9 Å². The first-order chi connectivity index (χ1) is 14.3. The van der Waals surface area contributed by atoms with E-state index in [4.69, 9.17) is 4.74 Å². The molecule has 1 aromatic heterocycles. The molecule has 3 rings (SSSR count). The quantitative estimate of drug-likeness (QED) is 0.750. The largest absolute Gasteiger partial charge is 0.378 e. The molecule has 1 aliphatic heterocycles. The van der Waals surface area contributed by atoms with Crippen LogP contribution in [-0.2, 0) is 9.53 Å². The first kappa shape index (κ1) is 22.0. The number of rotatable bonds is 7. The molecule has 0 bridgehead atoms. The third-order valence-electron chi connectivity index (χ3n) is 5.16. The summed E-state index contributed by atoms with van der Waals surface area (Å²) in [4.78, 5) is 26.1. The second-order valence-electron chi connectivity index (χ2n) is 8.37. The summed E-state index contributed by atoms with van der Waals surface area (Å²) in [6.45, 7) is 11.9. The van der Waals surface area contributed by atoms with Gasteiger partial charge in [-0.05, 0) is 30.2 Å². The molecule has 2 heterocycles. The molecule has 0 aliphatic carbocycles. The van der Waals surface area contributed by atoms with Gasteiger partial charge in [-0.25, -0.2) is 9.97 Å². The second-order valence-corrected chi connectivity index (χ2v) is 8.37. The van der Waals surface area contributed by atoms with Crippen LogP contribution in [0.2, 0.25) is 0 Å². The van der Waals surface area contributed by atoms with E-state index in [0.29, 0.717) is 5.92 Å². The Morgan fingerprint density at radius 2 is 1.77 bits per heavy atom. The maximum absolute atomic E-state index is 12.6. The van der Waals surface area contributed by atoms with Gasteiger partial charge in [0.1, 0.15) is 11.6 Å². The summed E-state index contributed by atoms with van der Waals surface area (Å²) in [5, 5.41) is 2.98. The number of nitrogens with one attached hydrogen (secondary N) is 1. The standard InChI is InChI=1S/C23H33N5O2/c1-16(2)20-14-21(26-23(25-20)17(3)4)27(5)15-22(29)24-18-6-8-19(9-7-18)28-10-12-30-13-11-28/h6-9,14,16-17H,10-13,15H2,1-5H3,(H,24,29). The molecular weight excluding hydrogens is 378 g/mol. The van der Waals surface area contributed by atoms with E-state index in [1.54, 1.807) is 0 Å². The number of anilines is 3. The first-order valence-electron chi connectivity index (χ1n) is 10.7. The number of benzene rings is 1. The van der Waals surface area contributed by atoms with E-state index in [0.717, 1.165) is 55.0 Å². The summed E-state index contributed by atoms with van der Waals surface area (Å²) in [7, 11) is 1.89. The Hall–Kier alpha value is -2.67. The van der Waals surface area contributed by atoms with Crippen LogP contribution in [0.5, 0.6) is 0 Å². The van der Waals surface area contributed by atoms with E-state index in [1.807, 2.05) is 42.3 Å². The van der Waals surface area contributed by atoms with Gasteiger partial charge in [0.05, 0.1) is 19.8 Å². The molecule has 1 amide bonds. The third-order valence-corrected chi connectivity index (χ3v) is 5.16. The molecule has 0 atom stereocenters. The molecule has 30 heavy (non-hydrogen) atoms. The smallest absolute Gasteiger partial charge is 0.243 e. The lowest BCUT2D eigenvalue weighted by atomic mass is 10.1. The van der Waals surface area contributed by atoms with Crippen molar-refractivity contribution in [2.24, 2.45) is 0 Å². The van der Waals surface area contributed by atoms with Gasteiger partial charge >= 0.3 is 0 Å². The highest BCUT2D eigenvalue weighted by Gasteiger charge is 2.16. The highest BCUT2D eigenvalue weighted by atomic mass is 16.5. The van der Waals surface area contributed by atoms with Crippen LogP contribution >= 0.6 is 0 Å². The summed E-state index contributed by atoms with van der Waals surface area (Å²) >= 11 is 0. The zero-order valence-corrected chi connectivity index (χ0v) is 18.7. The highest BCUT2D eigenvalue weighted by Crippen LogP contribution is 2.22. The fourth-order valence-electron chi connectivity index (χ4n) is 3.30. The Kier molecular flexibility index (Phi) is 7.26. The maximum Gasteiger partial charge on any atom is 0.243 e. The number of hydrogen-bond acceptors (Lipinski definition) is 6. The molecule has 2 aromatic rings. The molecule has 0 radical (unpaired) electrons.